The molecule has 32 heavy (non-hydrogen) atoms. The Bertz CT molecular complexity index is 1150. The van der Waals surface area contributed by atoms with E-state index in [4.69, 9.17) is 5.11 Å². The molecule has 5 N–H and O–H groups in total. The summed E-state index contributed by atoms with van der Waals surface area (Å²) in [6, 6.07) is 12.8. The van der Waals surface area contributed by atoms with Crippen LogP contribution < -0.4 is 10.6 Å². The third kappa shape index (κ3) is 4.74. The van der Waals surface area contributed by atoms with Crippen molar-refractivity contribution in [3.05, 3.63) is 70.9 Å². The smallest absolute Gasteiger partial charge is 0.173 e. The van der Waals surface area contributed by atoms with Gasteiger partial charge in [0.05, 0.1) is 24.0 Å². The van der Waals surface area contributed by atoms with Crippen LogP contribution in [-0.2, 0) is 12.8 Å². The third-order valence-electron chi connectivity index (χ3n) is 5.71. The molecule has 1 aromatic heterocycles. The first-order valence-corrected chi connectivity index (χ1v) is 10.7. The molecule has 0 fully saturated rings. The summed E-state index contributed by atoms with van der Waals surface area (Å²) in [7, 11) is 0. The van der Waals surface area contributed by atoms with Crippen LogP contribution in [0, 0.1) is 6.92 Å². The number of nitrogens with zero attached hydrogens (tertiary/aromatic N) is 1. The Morgan fingerprint density at radius 2 is 2.00 bits per heavy atom. The summed E-state index contributed by atoms with van der Waals surface area (Å²) in [5.41, 5.74) is 5.60. The minimum absolute atomic E-state index is 0.0486. The number of hydrogen-bond acceptors (Lipinski definition) is 7. The van der Waals surface area contributed by atoms with Gasteiger partial charge in [-0.1, -0.05) is 18.2 Å². The Balaban J connectivity index is 1.59. The van der Waals surface area contributed by atoms with Crippen molar-refractivity contribution in [2.24, 2.45) is 0 Å². The Morgan fingerprint density at radius 3 is 2.81 bits per heavy atom. The van der Waals surface area contributed by atoms with E-state index < -0.39 is 6.10 Å². The highest BCUT2D eigenvalue weighted by Crippen LogP contribution is 2.35. The zero-order valence-electron chi connectivity index (χ0n) is 17.9. The Kier molecular flexibility index (Phi) is 6.39. The van der Waals surface area contributed by atoms with E-state index in [1.807, 2.05) is 31.2 Å². The van der Waals surface area contributed by atoms with Crippen molar-refractivity contribution in [1.29, 1.82) is 0 Å². The Hall–Kier alpha value is -3.42. The number of anilines is 4. The predicted molar refractivity (Wildman–Crippen MR) is 124 cm³/mol. The number of aliphatic hydroxyl groups is 2. The fourth-order valence-corrected chi connectivity index (χ4v) is 3.93. The summed E-state index contributed by atoms with van der Waals surface area (Å²) >= 11 is 0. The lowest BCUT2D eigenvalue weighted by atomic mass is 9.98. The molecule has 166 valence electrons. The molecule has 4 rings (SSSR count). The maximum atomic E-state index is 13.3. The van der Waals surface area contributed by atoms with Gasteiger partial charge in [0.15, 0.2) is 5.78 Å². The van der Waals surface area contributed by atoms with E-state index in [0.29, 0.717) is 23.5 Å². The molecule has 3 aromatic rings. The molecule has 1 aliphatic heterocycles. The van der Waals surface area contributed by atoms with E-state index in [1.54, 1.807) is 24.4 Å². The molecule has 1 atom stereocenters. The number of rotatable bonds is 7. The molecule has 1 unspecified atom stereocenters. The van der Waals surface area contributed by atoms with Crippen molar-refractivity contribution in [3.8, 4) is 5.75 Å². The molecule has 0 amide bonds. The number of Topliss-reactive ketones (excluding diaryl/α,β-unsaturated/α-hetero) is 1. The lowest BCUT2D eigenvalue weighted by molar-refractivity contribution is 0.0867. The van der Waals surface area contributed by atoms with E-state index in [1.165, 1.54) is 0 Å². The van der Waals surface area contributed by atoms with Crippen LogP contribution in [0.25, 0.3) is 0 Å². The molecule has 2 aromatic carbocycles. The van der Waals surface area contributed by atoms with E-state index in [2.05, 4.69) is 15.6 Å². The predicted octanol–water partition coefficient (Wildman–Crippen LogP) is 4.00. The van der Waals surface area contributed by atoms with Crippen LogP contribution in [-0.4, -0.2) is 38.8 Å². The Labute approximate surface area is 186 Å². The number of fused-ring (bicyclic) bond motifs is 2. The van der Waals surface area contributed by atoms with E-state index in [9.17, 15) is 15.0 Å². The van der Waals surface area contributed by atoms with Gasteiger partial charge in [0, 0.05) is 30.1 Å². The van der Waals surface area contributed by atoms with Gasteiger partial charge in [0.2, 0.25) is 0 Å². The number of pyridine rings is 1. The van der Waals surface area contributed by atoms with E-state index >= 15 is 0 Å². The van der Waals surface area contributed by atoms with Gasteiger partial charge in [-0.2, -0.15) is 0 Å². The molecule has 0 saturated carbocycles. The summed E-state index contributed by atoms with van der Waals surface area (Å²) in [5.74, 6) is 0.594. The highest BCUT2D eigenvalue weighted by atomic mass is 16.3. The molecule has 1 aliphatic rings. The molecule has 0 radical (unpaired) electrons. The number of aromatic hydroxyl groups is 1. The molecule has 0 bridgehead atoms. The summed E-state index contributed by atoms with van der Waals surface area (Å²) in [5, 5.41) is 34.9. The van der Waals surface area contributed by atoms with Crippen molar-refractivity contribution < 1.29 is 20.1 Å². The fraction of sp³-hybridized carbons (Fsp3) is 0.280. The van der Waals surface area contributed by atoms with Gasteiger partial charge in [0.1, 0.15) is 11.6 Å². The minimum Gasteiger partial charge on any atom is -0.508 e. The number of carbonyl (C=O) groups is 1. The molecule has 7 heteroatoms. The number of ketones is 1. The van der Waals surface area contributed by atoms with Gasteiger partial charge in [-0.25, -0.2) is 4.98 Å². The number of hydrogen-bond donors (Lipinski definition) is 5. The number of benzene rings is 2. The highest BCUT2D eigenvalue weighted by molar-refractivity contribution is 6.09. The summed E-state index contributed by atoms with van der Waals surface area (Å²) < 4.78 is 0. The average Bonchev–Trinajstić information content (AvgIpc) is 2.92. The van der Waals surface area contributed by atoms with E-state index in [-0.39, 0.29) is 24.6 Å². The normalized spacial score (nSPS) is 13.5. The van der Waals surface area contributed by atoms with Crippen LogP contribution >= 0.6 is 0 Å². The van der Waals surface area contributed by atoms with Gasteiger partial charge >= 0.3 is 0 Å². The number of nitrogens with one attached hydrogen (secondary N) is 2. The van der Waals surface area contributed by atoms with Gasteiger partial charge in [0.25, 0.3) is 0 Å². The number of phenolic OH excluding ortho intramolecular Hbond substituents is 1. The maximum absolute atomic E-state index is 13.3. The first-order chi connectivity index (χ1) is 15.4. The van der Waals surface area contributed by atoms with Crippen molar-refractivity contribution in [2.75, 3.05) is 17.2 Å². The highest BCUT2D eigenvalue weighted by Gasteiger charge is 2.24. The van der Waals surface area contributed by atoms with Crippen molar-refractivity contribution in [3.63, 3.8) is 0 Å². The topological polar surface area (TPSA) is 115 Å². The zero-order chi connectivity index (χ0) is 22.7. The number of phenols is 1. The number of aliphatic hydroxyl groups excluding tert-OH is 2. The van der Waals surface area contributed by atoms with Crippen molar-refractivity contribution >= 4 is 28.7 Å². The standard InChI is InChI=1S/C25H27N3O4/c1-15-5-7-18(30)13-22(15)27-21-9-10-26-25-24(21)23(32)12-17-11-16(6-8-20(17)28-25)3-2-4-19(31)14-29/h5-11,13,19,29-31H,2-4,12,14H2,1H3,(H2,26,27,28). The Morgan fingerprint density at radius 1 is 1.16 bits per heavy atom. The van der Waals surface area contributed by atoms with Crippen LogP contribution in [0.15, 0.2) is 48.7 Å². The first kappa shape index (κ1) is 21.8. The van der Waals surface area contributed by atoms with Crippen LogP contribution in [0.3, 0.4) is 0 Å². The monoisotopic (exact) mass is 433 g/mol. The molecule has 0 spiro atoms. The molecular formula is C25H27N3O4. The molecule has 0 aliphatic carbocycles. The van der Waals surface area contributed by atoms with Crippen molar-refractivity contribution in [1.82, 2.24) is 4.98 Å². The van der Waals surface area contributed by atoms with Crippen LogP contribution in [0.2, 0.25) is 0 Å². The fourth-order valence-electron chi connectivity index (χ4n) is 3.93. The van der Waals surface area contributed by atoms with E-state index in [0.717, 1.165) is 40.9 Å². The minimum atomic E-state index is -0.694. The third-order valence-corrected chi connectivity index (χ3v) is 5.71. The summed E-state index contributed by atoms with van der Waals surface area (Å²) in [4.78, 5) is 17.7. The molecule has 7 nitrogen and oxygen atoms in total. The largest absolute Gasteiger partial charge is 0.508 e. The second-order valence-corrected chi connectivity index (χ2v) is 8.15. The van der Waals surface area contributed by atoms with Crippen LogP contribution in [0.5, 0.6) is 5.75 Å². The first-order valence-electron chi connectivity index (χ1n) is 10.7. The van der Waals surface area contributed by atoms with Gasteiger partial charge in [-0.15, -0.1) is 0 Å². The zero-order valence-corrected chi connectivity index (χ0v) is 17.9. The van der Waals surface area contributed by atoms with Crippen LogP contribution in [0.4, 0.5) is 22.9 Å². The molecule has 0 saturated heterocycles. The second-order valence-electron chi connectivity index (χ2n) is 8.15. The average molecular weight is 434 g/mol. The lowest BCUT2D eigenvalue weighted by Gasteiger charge is -2.15. The summed E-state index contributed by atoms with van der Waals surface area (Å²) in [6.45, 7) is 1.70. The van der Waals surface area contributed by atoms with Gasteiger partial charge in [-0.05, 0) is 61.1 Å². The molecular weight excluding hydrogens is 406 g/mol. The SMILES string of the molecule is Cc1ccc(O)cc1Nc1ccnc2c1C(=O)Cc1cc(CCCC(O)CO)ccc1N2. The number of aromatic nitrogens is 1. The summed E-state index contributed by atoms with van der Waals surface area (Å²) in [6.07, 6.45) is 3.23. The molecule has 2 heterocycles. The number of carbonyl (C=O) groups excluding carboxylic acids is 1. The van der Waals surface area contributed by atoms with Crippen LogP contribution in [0.1, 0.15) is 39.9 Å². The van der Waals surface area contributed by atoms with Gasteiger partial charge in [-0.3, -0.25) is 4.79 Å². The van der Waals surface area contributed by atoms with Crippen molar-refractivity contribution in [2.45, 2.75) is 38.7 Å². The second kappa shape index (κ2) is 9.38. The van der Waals surface area contributed by atoms with Gasteiger partial charge < -0.3 is 26.0 Å². The maximum Gasteiger partial charge on any atom is 0.173 e. The number of aryl methyl sites for hydroxylation is 2. The quantitative estimate of drug-likeness (QED) is 0.383. The lowest BCUT2D eigenvalue weighted by Crippen LogP contribution is -2.11.